The molecule has 0 saturated carbocycles. The Kier molecular flexibility index (Phi) is 4.84. The van der Waals surface area contributed by atoms with E-state index in [1.165, 1.54) is 22.3 Å². The van der Waals surface area contributed by atoms with E-state index in [2.05, 4.69) is 76.2 Å². The Balaban J connectivity index is 2.21. The van der Waals surface area contributed by atoms with Gasteiger partial charge in [-0.15, -0.1) is 0 Å². The highest BCUT2D eigenvalue weighted by molar-refractivity contribution is 5.36. The summed E-state index contributed by atoms with van der Waals surface area (Å²) in [5.41, 5.74) is 11.7. The number of hydrogen-bond acceptors (Lipinski definition) is 1. The van der Waals surface area contributed by atoms with Gasteiger partial charge in [-0.1, -0.05) is 76.2 Å². The summed E-state index contributed by atoms with van der Waals surface area (Å²) in [6.07, 6.45) is 2.20. The highest BCUT2D eigenvalue weighted by atomic mass is 14.6. The minimum Gasteiger partial charge on any atom is -0.320 e. The van der Waals surface area contributed by atoms with Crippen molar-refractivity contribution < 1.29 is 0 Å². The molecular weight excluding hydrogens is 254 g/mol. The zero-order valence-electron chi connectivity index (χ0n) is 13.7. The predicted molar refractivity (Wildman–Crippen MR) is 91.6 cm³/mol. The lowest BCUT2D eigenvalue weighted by Crippen LogP contribution is -2.16. The molecule has 0 radical (unpaired) electrons. The standard InChI is InChI=1S/C20H27N/c1-5-15-7-9-16(10-8-15)19(21)17-11-13-18(14-12-17)20(3,4)6-2/h7-14,19H,5-6,21H2,1-4H3. The fraction of sp³-hybridized carbons (Fsp3) is 0.400. The fourth-order valence-corrected chi connectivity index (χ4v) is 2.50. The number of benzene rings is 2. The lowest BCUT2D eigenvalue weighted by molar-refractivity contribution is 0.506. The molecule has 0 saturated heterocycles. The Morgan fingerprint density at radius 3 is 1.76 bits per heavy atom. The summed E-state index contributed by atoms with van der Waals surface area (Å²) >= 11 is 0. The van der Waals surface area contributed by atoms with Crippen LogP contribution in [0.4, 0.5) is 0 Å². The van der Waals surface area contributed by atoms with E-state index in [0.717, 1.165) is 12.8 Å². The van der Waals surface area contributed by atoms with E-state index in [1.807, 2.05) is 0 Å². The predicted octanol–water partition coefficient (Wildman–Crippen LogP) is 4.98. The Labute approximate surface area is 129 Å². The van der Waals surface area contributed by atoms with Crippen LogP contribution in [0.5, 0.6) is 0 Å². The van der Waals surface area contributed by atoms with Gasteiger partial charge in [0.2, 0.25) is 0 Å². The van der Waals surface area contributed by atoms with Crippen LogP contribution < -0.4 is 5.73 Å². The van der Waals surface area contributed by atoms with E-state index in [4.69, 9.17) is 5.73 Å². The van der Waals surface area contributed by atoms with Gasteiger partial charge in [-0.3, -0.25) is 0 Å². The third kappa shape index (κ3) is 3.54. The van der Waals surface area contributed by atoms with Crippen molar-refractivity contribution in [3.8, 4) is 0 Å². The summed E-state index contributed by atoms with van der Waals surface area (Å²) < 4.78 is 0. The van der Waals surface area contributed by atoms with Crippen molar-refractivity contribution in [2.45, 2.75) is 52.0 Å². The average Bonchev–Trinajstić information content (AvgIpc) is 2.54. The van der Waals surface area contributed by atoms with E-state index in [0.29, 0.717) is 0 Å². The monoisotopic (exact) mass is 281 g/mol. The minimum absolute atomic E-state index is 0.0466. The van der Waals surface area contributed by atoms with E-state index in [-0.39, 0.29) is 11.5 Å². The number of hydrogen-bond donors (Lipinski definition) is 1. The van der Waals surface area contributed by atoms with Crippen molar-refractivity contribution in [1.29, 1.82) is 0 Å². The van der Waals surface area contributed by atoms with Crippen molar-refractivity contribution in [3.63, 3.8) is 0 Å². The molecule has 0 aliphatic rings. The molecule has 0 bridgehead atoms. The van der Waals surface area contributed by atoms with Gasteiger partial charge in [0.05, 0.1) is 6.04 Å². The summed E-state index contributed by atoms with van der Waals surface area (Å²) in [6.45, 7) is 8.97. The first-order chi connectivity index (χ1) is 9.97. The SMILES string of the molecule is CCc1ccc(C(N)c2ccc(C(C)(C)CC)cc2)cc1. The molecule has 1 unspecified atom stereocenters. The second kappa shape index (κ2) is 6.44. The Bertz CT molecular complexity index is 564. The molecule has 21 heavy (non-hydrogen) atoms. The highest BCUT2D eigenvalue weighted by Gasteiger charge is 2.18. The summed E-state index contributed by atoms with van der Waals surface area (Å²) in [5, 5.41) is 0. The summed E-state index contributed by atoms with van der Waals surface area (Å²) in [4.78, 5) is 0. The van der Waals surface area contributed by atoms with Crippen molar-refractivity contribution in [2.24, 2.45) is 5.73 Å². The third-order valence-electron chi connectivity index (χ3n) is 4.68. The molecule has 0 amide bonds. The molecule has 2 rings (SSSR count). The zero-order valence-corrected chi connectivity index (χ0v) is 13.7. The lowest BCUT2D eigenvalue weighted by Gasteiger charge is -2.24. The molecule has 1 heteroatoms. The van der Waals surface area contributed by atoms with Crippen molar-refractivity contribution in [1.82, 2.24) is 0 Å². The molecule has 0 fully saturated rings. The molecule has 0 spiro atoms. The second-order valence-electron chi connectivity index (χ2n) is 6.43. The van der Waals surface area contributed by atoms with Crippen molar-refractivity contribution in [3.05, 3.63) is 70.8 Å². The number of nitrogens with two attached hydrogens (primary N) is 1. The topological polar surface area (TPSA) is 26.0 Å². The van der Waals surface area contributed by atoms with Gasteiger partial charge in [-0.05, 0) is 40.5 Å². The van der Waals surface area contributed by atoms with Crippen LogP contribution in [-0.4, -0.2) is 0 Å². The van der Waals surface area contributed by atoms with E-state index in [9.17, 15) is 0 Å². The second-order valence-corrected chi connectivity index (χ2v) is 6.43. The zero-order chi connectivity index (χ0) is 15.5. The molecule has 0 aliphatic carbocycles. The van der Waals surface area contributed by atoms with Crippen LogP contribution in [0, 0.1) is 0 Å². The van der Waals surface area contributed by atoms with Crippen molar-refractivity contribution in [2.75, 3.05) is 0 Å². The summed E-state index contributed by atoms with van der Waals surface area (Å²) in [7, 11) is 0. The number of rotatable bonds is 5. The van der Waals surface area contributed by atoms with E-state index < -0.39 is 0 Å². The fourth-order valence-electron chi connectivity index (χ4n) is 2.50. The van der Waals surface area contributed by atoms with Crippen LogP contribution in [0.1, 0.15) is 62.4 Å². The first kappa shape index (κ1) is 15.8. The molecule has 0 heterocycles. The molecule has 0 aromatic heterocycles. The largest absolute Gasteiger partial charge is 0.320 e. The summed E-state index contributed by atoms with van der Waals surface area (Å²) in [6, 6.07) is 17.4. The molecule has 1 atom stereocenters. The van der Waals surface area contributed by atoms with E-state index in [1.54, 1.807) is 0 Å². The molecule has 112 valence electrons. The van der Waals surface area contributed by atoms with Crippen molar-refractivity contribution >= 4 is 0 Å². The van der Waals surface area contributed by atoms with Gasteiger partial charge in [0.15, 0.2) is 0 Å². The van der Waals surface area contributed by atoms with Gasteiger partial charge in [0, 0.05) is 0 Å². The van der Waals surface area contributed by atoms with Gasteiger partial charge in [-0.25, -0.2) is 0 Å². The first-order valence-electron chi connectivity index (χ1n) is 7.92. The van der Waals surface area contributed by atoms with Gasteiger partial charge in [-0.2, -0.15) is 0 Å². The Morgan fingerprint density at radius 2 is 1.33 bits per heavy atom. The van der Waals surface area contributed by atoms with Crippen LogP contribution in [0.2, 0.25) is 0 Å². The maximum Gasteiger partial charge on any atom is 0.0551 e. The average molecular weight is 281 g/mol. The maximum atomic E-state index is 6.40. The quantitative estimate of drug-likeness (QED) is 0.821. The van der Waals surface area contributed by atoms with Gasteiger partial charge in [0.25, 0.3) is 0 Å². The Morgan fingerprint density at radius 1 is 0.857 bits per heavy atom. The molecule has 2 aromatic carbocycles. The smallest absolute Gasteiger partial charge is 0.0551 e. The minimum atomic E-state index is -0.0466. The third-order valence-corrected chi connectivity index (χ3v) is 4.68. The first-order valence-corrected chi connectivity index (χ1v) is 7.92. The van der Waals surface area contributed by atoms with Crippen LogP contribution in [0.3, 0.4) is 0 Å². The number of aryl methyl sites for hydroxylation is 1. The normalized spacial score (nSPS) is 13.2. The molecular formula is C20H27N. The molecule has 1 nitrogen and oxygen atoms in total. The summed E-state index contributed by atoms with van der Waals surface area (Å²) in [5.74, 6) is 0. The van der Waals surface area contributed by atoms with E-state index >= 15 is 0 Å². The van der Waals surface area contributed by atoms with Crippen LogP contribution in [0.25, 0.3) is 0 Å². The van der Waals surface area contributed by atoms with Crippen LogP contribution in [0.15, 0.2) is 48.5 Å². The van der Waals surface area contributed by atoms with Gasteiger partial charge >= 0.3 is 0 Å². The molecule has 0 aliphatic heterocycles. The Hall–Kier alpha value is -1.60. The van der Waals surface area contributed by atoms with Crippen LogP contribution in [-0.2, 0) is 11.8 Å². The molecule has 2 N–H and O–H groups in total. The van der Waals surface area contributed by atoms with Crippen LogP contribution >= 0.6 is 0 Å². The lowest BCUT2D eigenvalue weighted by atomic mass is 9.81. The highest BCUT2D eigenvalue weighted by Crippen LogP contribution is 2.28. The maximum absolute atomic E-state index is 6.40. The van der Waals surface area contributed by atoms with Gasteiger partial charge in [0.1, 0.15) is 0 Å². The molecule has 2 aromatic rings. The van der Waals surface area contributed by atoms with Gasteiger partial charge < -0.3 is 5.73 Å².